The number of hydrogen-bond acceptors (Lipinski definition) is 3. The van der Waals surface area contributed by atoms with Crippen LogP contribution in [0.4, 0.5) is 0 Å². The van der Waals surface area contributed by atoms with Gasteiger partial charge in [-0.25, -0.2) is 0 Å². The predicted molar refractivity (Wildman–Crippen MR) is 91.8 cm³/mol. The van der Waals surface area contributed by atoms with Crippen LogP contribution in [0.5, 0.6) is 11.5 Å². The Bertz CT molecular complexity index is 704. The van der Waals surface area contributed by atoms with E-state index in [1.807, 2.05) is 18.2 Å². The number of carbonyl (C=O) groups excluding carboxylic acids is 1. The molecule has 2 aromatic rings. The maximum atomic E-state index is 12.2. The molecule has 0 saturated carbocycles. The number of phenolic OH excluding ortho intramolecular Hbond substituents is 1. The average molecular weight is 354 g/mol. The molecule has 0 aliphatic heterocycles. The Hall–Kier alpha value is -1.91. The van der Waals surface area contributed by atoms with Crippen LogP contribution in [-0.2, 0) is 6.42 Å². The van der Waals surface area contributed by atoms with Crippen LogP contribution >= 0.6 is 23.2 Å². The summed E-state index contributed by atoms with van der Waals surface area (Å²) >= 11 is 11.8. The fraction of sp³-hybridized carbons (Fsp3) is 0.235. The summed E-state index contributed by atoms with van der Waals surface area (Å²) in [6.07, 6.45) is 0.663. The maximum Gasteiger partial charge on any atom is 0.251 e. The van der Waals surface area contributed by atoms with Crippen molar-refractivity contribution in [2.75, 3.05) is 13.2 Å². The molecule has 0 saturated heterocycles. The minimum absolute atomic E-state index is 0.0796. The smallest absolute Gasteiger partial charge is 0.251 e. The van der Waals surface area contributed by atoms with Crippen LogP contribution < -0.4 is 10.1 Å². The average Bonchev–Trinajstić information content (AvgIpc) is 2.51. The third kappa shape index (κ3) is 4.78. The first-order valence-electron chi connectivity index (χ1n) is 7.19. The van der Waals surface area contributed by atoms with Crippen molar-refractivity contribution in [1.29, 1.82) is 0 Å². The van der Waals surface area contributed by atoms with E-state index in [1.165, 1.54) is 12.1 Å². The van der Waals surface area contributed by atoms with E-state index < -0.39 is 0 Å². The highest BCUT2D eigenvalue weighted by molar-refractivity contribution is 6.32. The SMILES string of the molecule is CCOc1cc(C(=O)NCCc2cccc(Cl)c2)cc(Cl)c1O. The molecule has 0 aliphatic carbocycles. The second-order valence-corrected chi connectivity index (χ2v) is 5.72. The van der Waals surface area contributed by atoms with Crippen LogP contribution in [0.15, 0.2) is 36.4 Å². The number of nitrogens with one attached hydrogen (secondary N) is 1. The lowest BCUT2D eigenvalue weighted by atomic mass is 10.1. The number of ether oxygens (including phenoxy) is 1. The van der Waals surface area contributed by atoms with E-state index in [1.54, 1.807) is 13.0 Å². The molecule has 0 heterocycles. The van der Waals surface area contributed by atoms with E-state index in [2.05, 4.69) is 5.32 Å². The first kappa shape index (κ1) is 17.4. The van der Waals surface area contributed by atoms with Gasteiger partial charge in [-0.05, 0) is 43.2 Å². The first-order valence-corrected chi connectivity index (χ1v) is 7.94. The van der Waals surface area contributed by atoms with Crippen molar-refractivity contribution < 1.29 is 14.6 Å². The molecule has 1 amide bonds. The highest BCUT2D eigenvalue weighted by atomic mass is 35.5. The van der Waals surface area contributed by atoms with Gasteiger partial charge in [0.15, 0.2) is 11.5 Å². The van der Waals surface area contributed by atoms with Gasteiger partial charge in [-0.1, -0.05) is 35.3 Å². The largest absolute Gasteiger partial charge is 0.503 e. The summed E-state index contributed by atoms with van der Waals surface area (Å²) in [4.78, 5) is 12.2. The van der Waals surface area contributed by atoms with Crippen LogP contribution in [0.1, 0.15) is 22.8 Å². The van der Waals surface area contributed by atoms with E-state index in [-0.39, 0.29) is 22.4 Å². The molecule has 2 N–H and O–H groups in total. The van der Waals surface area contributed by atoms with Crippen molar-refractivity contribution in [1.82, 2.24) is 5.32 Å². The van der Waals surface area contributed by atoms with Crippen molar-refractivity contribution >= 4 is 29.1 Å². The third-order valence-electron chi connectivity index (χ3n) is 3.18. The van der Waals surface area contributed by atoms with Crippen LogP contribution in [0.2, 0.25) is 10.0 Å². The molecular formula is C17H17Cl2NO3. The van der Waals surface area contributed by atoms with Crippen LogP contribution in [0.25, 0.3) is 0 Å². The number of phenols is 1. The summed E-state index contributed by atoms with van der Waals surface area (Å²) in [6.45, 7) is 2.61. The molecule has 6 heteroatoms. The molecule has 0 aliphatic rings. The molecule has 0 radical (unpaired) electrons. The topological polar surface area (TPSA) is 58.6 Å². The second-order valence-electron chi connectivity index (χ2n) is 4.87. The minimum Gasteiger partial charge on any atom is -0.503 e. The summed E-state index contributed by atoms with van der Waals surface area (Å²) in [5.41, 5.74) is 1.37. The highest BCUT2D eigenvalue weighted by Crippen LogP contribution is 2.35. The zero-order valence-electron chi connectivity index (χ0n) is 12.6. The van der Waals surface area contributed by atoms with Gasteiger partial charge in [0.25, 0.3) is 5.91 Å². The van der Waals surface area contributed by atoms with E-state index >= 15 is 0 Å². The number of amides is 1. The zero-order valence-corrected chi connectivity index (χ0v) is 14.1. The van der Waals surface area contributed by atoms with Crippen molar-refractivity contribution in [3.63, 3.8) is 0 Å². The van der Waals surface area contributed by atoms with Gasteiger partial charge < -0.3 is 15.2 Å². The highest BCUT2D eigenvalue weighted by Gasteiger charge is 2.14. The first-order chi connectivity index (χ1) is 11.0. The Morgan fingerprint density at radius 3 is 2.74 bits per heavy atom. The fourth-order valence-electron chi connectivity index (χ4n) is 2.09. The van der Waals surface area contributed by atoms with Crippen molar-refractivity contribution in [3.8, 4) is 11.5 Å². The van der Waals surface area contributed by atoms with E-state index in [0.717, 1.165) is 5.56 Å². The number of hydrogen-bond donors (Lipinski definition) is 2. The monoisotopic (exact) mass is 353 g/mol. The Kier molecular flexibility index (Phi) is 6.13. The number of rotatable bonds is 6. The lowest BCUT2D eigenvalue weighted by molar-refractivity contribution is 0.0953. The van der Waals surface area contributed by atoms with Gasteiger partial charge in [-0.15, -0.1) is 0 Å². The summed E-state index contributed by atoms with van der Waals surface area (Å²) in [6, 6.07) is 10.4. The lowest BCUT2D eigenvalue weighted by Crippen LogP contribution is -2.25. The number of aromatic hydroxyl groups is 1. The lowest BCUT2D eigenvalue weighted by Gasteiger charge is -2.11. The zero-order chi connectivity index (χ0) is 16.8. The van der Waals surface area contributed by atoms with Crippen LogP contribution in [0, 0.1) is 0 Å². The fourth-order valence-corrected chi connectivity index (χ4v) is 2.51. The number of carbonyl (C=O) groups is 1. The van der Waals surface area contributed by atoms with Crippen LogP contribution in [-0.4, -0.2) is 24.2 Å². The normalized spacial score (nSPS) is 10.4. The summed E-state index contributed by atoms with van der Waals surface area (Å²) in [5.74, 6) is -0.251. The summed E-state index contributed by atoms with van der Waals surface area (Å²) in [5, 5.41) is 13.3. The van der Waals surface area contributed by atoms with Crippen LogP contribution in [0.3, 0.4) is 0 Å². The molecule has 4 nitrogen and oxygen atoms in total. The molecule has 23 heavy (non-hydrogen) atoms. The van der Waals surface area contributed by atoms with Crippen molar-refractivity contribution in [3.05, 3.63) is 57.6 Å². The molecular weight excluding hydrogens is 337 g/mol. The molecule has 0 unspecified atom stereocenters. The van der Waals surface area contributed by atoms with Gasteiger partial charge in [-0.3, -0.25) is 4.79 Å². The van der Waals surface area contributed by atoms with E-state index in [0.29, 0.717) is 30.2 Å². The number of halogens is 2. The quantitative estimate of drug-likeness (QED) is 0.822. The molecule has 0 atom stereocenters. The maximum absolute atomic E-state index is 12.2. The molecule has 0 bridgehead atoms. The minimum atomic E-state index is -0.283. The van der Waals surface area contributed by atoms with Gasteiger partial charge in [0.05, 0.1) is 11.6 Å². The Balaban J connectivity index is 2.00. The van der Waals surface area contributed by atoms with Gasteiger partial charge in [-0.2, -0.15) is 0 Å². The van der Waals surface area contributed by atoms with Gasteiger partial charge in [0.2, 0.25) is 0 Å². The van der Waals surface area contributed by atoms with E-state index in [9.17, 15) is 9.90 Å². The molecule has 0 fully saturated rings. The second kappa shape index (κ2) is 8.09. The molecule has 2 rings (SSSR count). The predicted octanol–water partition coefficient (Wildman–Crippen LogP) is 4.07. The van der Waals surface area contributed by atoms with E-state index in [4.69, 9.17) is 27.9 Å². The third-order valence-corrected chi connectivity index (χ3v) is 3.70. The number of benzene rings is 2. The van der Waals surface area contributed by atoms with Crippen molar-refractivity contribution in [2.24, 2.45) is 0 Å². The molecule has 122 valence electrons. The van der Waals surface area contributed by atoms with Gasteiger partial charge >= 0.3 is 0 Å². The van der Waals surface area contributed by atoms with Gasteiger partial charge in [0, 0.05) is 17.1 Å². The summed E-state index contributed by atoms with van der Waals surface area (Å²) < 4.78 is 5.27. The standard InChI is InChI=1S/C17H17Cl2NO3/c1-2-23-15-10-12(9-14(19)16(15)21)17(22)20-7-6-11-4-3-5-13(18)8-11/h3-5,8-10,21H,2,6-7H2,1H3,(H,20,22). The molecule has 0 aromatic heterocycles. The van der Waals surface area contributed by atoms with Gasteiger partial charge in [0.1, 0.15) is 0 Å². The Labute approximate surface area is 145 Å². The summed E-state index contributed by atoms with van der Waals surface area (Å²) in [7, 11) is 0. The molecule has 0 spiro atoms. The Morgan fingerprint density at radius 2 is 2.04 bits per heavy atom. The van der Waals surface area contributed by atoms with Crippen molar-refractivity contribution in [2.45, 2.75) is 13.3 Å². The Morgan fingerprint density at radius 1 is 1.26 bits per heavy atom. The molecule has 2 aromatic carbocycles.